The first-order valence-corrected chi connectivity index (χ1v) is 9.46. The molecule has 9 heteroatoms. The molecule has 0 atom stereocenters. The summed E-state index contributed by atoms with van der Waals surface area (Å²) in [5, 5.41) is 6.53. The van der Waals surface area contributed by atoms with Crippen LogP contribution in [0.25, 0.3) is 0 Å². The number of nitrogens with one attached hydrogen (secondary N) is 2. The van der Waals surface area contributed by atoms with Crippen molar-refractivity contribution in [3.8, 4) is 11.5 Å². The van der Waals surface area contributed by atoms with E-state index in [9.17, 15) is 4.39 Å². The normalized spacial score (nSPS) is 10.6. The van der Waals surface area contributed by atoms with Gasteiger partial charge in [-0.05, 0) is 58.8 Å². The lowest BCUT2D eigenvalue weighted by Crippen LogP contribution is -2.13. The predicted octanol–water partition coefficient (Wildman–Crippen LogP) is 4.56. The zero-order valence-corrected chi connectivity index (χ0v) is 16.9. The van der Waals surface area contributed by atoms with E-state index >= 15 is 0 Å². The van der Waals surface area contributed by atoms with Crippen LogP contribution >= 0.6 is 28.1 Å². The van der Waals surface area contributed by atoms with Gasteiger partial charge < -0.3 is 14.9 Å². The van der Waals surface area contributed by atoms with E-state index in [1.165, 1.54) is 6.07 Å². The fraction of sp³-hybridized carbons (Fsp3) is 0.222. The summed E-state index contributed by atoms with van der Waals surface area (Å²) < 4.78 is 28.2. The van der Waals surface area contributed by atoms with Gasteiger partial charge in [-0.15, -0.1) is 0 Å². The minimum absolute atomic E-state index is 0.104. The minimum Gasteiger partial charge on any atom is -0.490 e. The Hall–Kier alpha value is -2.39. The highest BCUT2D eigenvalue weighted by Gasteiger charge is 2.14. The van der Waals surface area contributed by atoms with E-state index < -0.39 is 0 Å². The van der Waals surface area contributed by atoms with Crippen molar-refractivity contribution in [3.05, 3.63) is 68.9 Å². The maximum atomic E-state index is 13.8. The van der Waals surface area contributed by atoms with Crippen LogP contribution in [-0.4, -0.2) is 21.5 Å². The molecule has 3 aromatic rings. The number of ether oxygens (including phenoxy) is 2. The van der Waals surface area contributed by atoms with Crippen LogP contribution in [-0.2, 0) is 13.2 Å². The zero-order valence-electron chi connectivity index (χ0n) is 14.5. The largest absolute Gasteiger partial charge is 0.490 e. The lowest BCUT2D eigenvalue weighted by molar-refractivity contribution is 0.264. The Morgan fingerprint density at radius 1 is 1.30 bits per heavy atom. The highest BCUT2D eigenvalue weighted by molar-refractivity contribution is 9.10. The topological polar surface area (TPSA) is 64.1 Å². The predicted molar refractivity (Wildman–Crippen MR) is 107 cm³/mol. The molecule has 0 saturated carbocycles. The average Bonchev–Trinajstić information content (AvgIpc) is 3.06. The first kappa shape index (κ1) is 19.4. The molecule has 2 N–H and O–H groups in total. The van der Waals surface area contributed by atoms with E-state index in [0.717, 1.165) is 10.0 Å². The summed E-state index contributed by atoms with van der Waals surface area (Å²) in [7, 11) is 0. The van der Waals surface area contributed by atoms with Crippen LogP contribution in [0.2, 0.25) is 0 Å². The van der Waals surface area contributed by atoms with Gasteiger partial charge in [0.15, 0.2) is 11.5 Å². The standard InChI is InChI=1S/C18H18BrFN4O2S/c1-2-25-16-8-12(9-22-24-11-21-23-18(24)27)7-14(19)17(16)26-10-13-5-3-4-6-15(13)20/h3-8,11,22H,2,9-10H2,1H3,(H,23,27). The first-order valence-electron chi connectivity index (χ1n) is 8.25. The molecule has 0 aliphatic rings. The Balaban J connectivity index is 1.78. The Labute approximate surface area is 169 Å². The van der Waals surface area contributed by atoms with E-state index in [4.69, 9.17) is 21.7 Å². The molecule has 1 aromatic heterocycles. The van der Waals surface area contributed by atoms with E-state index in [0.29, 0.717) is 35.0 Å². The van der Waals surface area contributed by atoms with Crippen LogP contribution in [0.4, 0.5) is 4.39 Å². The highest BCUT2D eigenvalue weighted by Crippen LogP contribution is 2.37. The maximum Gasteiger partial charge on any atom is 0.214 e. The summed E-state index contributed by atoms with van der Waals surface area (Å²) in [6.45, 7) is 2.98. The Morgan fingerprint density at radius 2 is 2.11 bits per heavy atom. The number of rotatable bonds is 8. The second-order valence-electron chi connectivity index (χ2n) is 5.58. The molecule has 0 spiro atoms. The van der Waals surface area contributed by atoms with Gasteiger partial charge in [-0.2, -0.15) is 5.10 Å². The molecule has 0 saturated heterocycles. The summed E-state index contributed by atoms with van der Waals surface area (Å²) in [5.41, 5.74) is 4.57. The molecular weight excluding hydrogens is 435 g/mol. The third-order valence-corrected chi connectivity index (χ3v) is 4.58. The van der Waals surface area contributed by atoms with Gasteiger partial charge in [0.05, 0.1) is 17.6 Å². The molecule has 1 heterocycles. The van der Waals surface area contributed by atoms with Crippen LogP contribution in [0, 0.1) is 10.6 Å². The summed E-state index contributed by atoms with van der Waals surface area (Å²) in [5.74, 6) is 0.809. The third kappa shape index (κ3) is 4.86. The lowest BCUT2D eigenvalue weighted by atomic mass is 10.2. The minimum atomic E-state index is -0.302. The van der Waals surface area contributed by atoms with Gasteiger partial charge in [0.25, 0.3) is 0 Å². The van der Waals surface area contributed by atoms with E-state index in [-0.39, 0.29) is 12.4 Å². The SMILES string of the molecule is CCOc1cc(CNn2cn[nH]c2=S)cc(Br)c1OCc1ccccc1F. The van der Waals surface area contributed by atoms with Crippen molar-refractivity contribution in [1.29, 1.82) is 0 Å². The number of hydrogen-bond donors (Lipinski definition) is 2. The van der Waals surface area contributed by atoms with E-state index in [1.807, 2.05) is 19.1 Å². The summed E-state index contributed by atoms with van der Waals surface area (Å²) >= 11 is 8.62. The molecule has 0 unspecified atom stereocenters. The number of hydrogen-bond acceptors (Lipinski definition) is 5. The van der Waals surface area contributed by atoms with Gasteiger partial charge in [-0.1, -0.05) is 18.2 Å². The highest BCUT2D eigenvalue weighted by atomic mass is 79.9. The summed E-state index contributed by atoms with van der Waals surface area (Å²) in [4.78, 5) is 0. The number of benzene rings is 2. The molecule has 142 valence electrons. The number of aromatic amines is 1. The molecule has 0 aliphatic heterocycles. The van der Waals surface area contributed by atoms with E-state index in [2.05, 4.69) is 31.6 Å². The van der Waals surface area contributed by atoms with Crippen molar-refractivity contribution in [1.82, 2.24) is 14.9 Å². The summed E-state index contributed by atoms with van der Waals surface area (Å²) in [6, 6.07) is 10.3. The summed E-state index contributed by atoms with van der Waals surface area (Å²) in [6.07, 6.45) is 1.56. The molecule has 6 nitrogen and oxygen atoms in total. The lowest BCUT2D eigenvalue weighted by Gasteiger charge is -2.16. The van der Waals surface area contributed by atoms with Crippen molar-refractivity contribution in [3.63, 3.8) is 0 Å². The Bertz CT molecular complexity index is 976. The zero-order chi connectivity index (χ0) is 19.2. The molecular formula is C18H18BrFN4O2S. The van der Waals surface area contributed by atoms with Crippen LogP contribution in [0.15, 0.2) is 47.2 Å². The van der Waals surface area contributed by atoms with Crippen molar-refractivity contribution < 1.29 is 13.9 Å². The molecule has 2 aromatic carbocycles. The van der Waals surface area contributed by atoms with Gasteiger partial charge in [-0.25, -0.2) is 9.07 Å². The first-order chi connectivity index (χ1) is 13.1. The van der Waals surface area contributed by atoms with Crippen LogP contribution in [0.5, 0.6) is 11.5 Å². The van der Waals surface area contributed by atoms with Crippen molar-refractivity contribution in [2.24, 2.45) is 0 Å². The van der Waals surface area contributed by atoms with Crippen molar-refractivity contribution >= 4 is 28.1 Å². The average molecular weight is 453 g/mol. The van der Waals surface area contributed by atoms with Gasteiger partial charge in [0, 0.05) is 5.56 Å². The van der Waals surface area contributed by atoms with Gasteiger partial charge in [0.1, 0.15) is 18.8 Å². The Kier molecular flexibility index (Phi) is 6.46. The molecule has 0 aliphatic carbocycles. The number of aromatic nitrogens is 3. The fourth-order valence-electron chi connectivity index (χ4n) is 2.43. The number of H-pyrrole nitrogens is 1. The quantitative estimate of drug-likeness (QED) is 0.490. The molecule has 0 amide bonds. The fourth-order valence-corrected chi connectivity index (χ4v) is 3.20. The maximum absolute atomic E-state index is 13.8. The Morgan fingerprint density at radius 3 is 2.81 bits per heavy atom. The molecule has 0 bridgehead atoms. The van der Waals surface area contributed by atoms with Gasteiger partial charge in [-0.3, -0.25) is 5.10 Å². The molecule has 0 radical (unpaired) electrons. The molecule has 0 fully saturated rings. The van der Waals surface area contributed by atoms with Gasteiger partial charge in [0.2, 0.25) is 4.77 Å². The second kappa shape index (κ2) is 9.01. The number of nitrogens with zero attached hydrogens (tertiary/aromatic N) is 2. The monoisotopic (exact) mass is 452 g/mol. The van der Waals surface area contributed by atoms with Crippen molar-refractivity contribution in [2.75, 3.05) is 12.0 Å². The molecule has 3 rings (SSSR count). The second-order valence-corrected chi connectivity index (χ2v) is 6.83. The third-order valence-electron chi connectivity index (χ3n) is 3.70. The molecule has 27 heavy (non-hydrogen) atoms. The van der Waals surface area contributed by atoms with Crippen molar-refractivity contribution in [2.45, 2.75) is 20.1 Å². The van der Waals surface area contributed by atoms with Crippen LogP contribution in [0.1, 0.15) is 18.1 Å². The number of halogens is 2. The van der Waals surface area contributed by atoms with Crippen LogP contribution < -0.4 is 14.9 Å². The van der Waals surface area contributed by atoms with E-state index in [1.54, 1.807) is 29.2 Å². The van der Waals surface area contributed by atoms with Gasteiger partial charge >= 0.3 is 0 Å². The smallest absolute Gasteiger partial charge is 0.214 e. The van der Waals surface area contributed by atoms with Crippen LogP contribution in [0.3, 0.4) is 0 Å².